The molecule has 3 heterocycles. The van der Waals surface area contributed by atoms with Gasteiger partial charge < -0.3 is 20.1 Å². The van der Waals surface area contributed by atoms with E-state index in [1.807, 2.05) is 25.1 Å². The molecule has 65 heavy (non-hydrogen) atoms. The van der Waals surface area contributed by atoms with Gasteiger partial charge in [0.05, 0.1) is 40.0 Å². The lowest BCUT2D eigenvalue weighted by atomic mass is 9.79. The lowest BCUT2D eigenvalue weighted by Crippen LogP contribution is -2.42. The molecule has 2 aromatic rings. The predicted octanol–water partition coefficient (Wildman–Crippen LogP) is 8.84. The van der Waals surface area contributed by atoms with Crippen molar-refractivity contribution in [3.63, 3.8) is 0 Å². The molecule has 2 aromatic carbocycles. The number of nitrogens with one attached hydrogen (secondary N) is 2. The summed E-state index contributed by atoms with van der Waals surface area (Å²) in [5.41, 5.74) is 10.5. The van der Waals surface area contributed by atoms with Crippen molar-refractivity contribution in [2.24, 2.45) is 28.7 Å². The van der Waals surface area contributed by atoms with Crippen LogP contribution in [0.1, 0.15) is 124 Å². The van der Waals surface area contributed by atoms with Gasteiger partial charge in [0.25, 0.3) is 5.91 Å². The summed E-state index contributed by atoms with van der Waals surface area (Å²) in [6, 6.07) is 12.9. The van der Waals surface area contributed by atoms with Gasteiger partial charge in [-0.25, -0.2) is 0 Å². The fourth-order valence-electron chi connectivity index (χ4n) is 10.4. The number of imide groups is 1. The zero-order chi connectivity index (χ0) is 45.8. The van der Waals surface area contributed by atoms with Gasteiger partial charge in [0.1, 0.15) is 11.8 Å². The summed E-state index contributed by atoms with van der Waals surface area (Å²) < 4.78 is 6.12. The number of hydrogen-bond acceptors (Lipinski definition) is 9. The van der Waals surface area contributed by atoms with Crippen LogP contribution in [0.2, 0.25) is 5.02 Å². The van der Waals surface area contributed by atoms with E-state index in [4.69, 9.17) is 26.6 Å². The number of benzene rings is 2. The van der Waals surface area contributed by atoms with Gasteiger partial charge in [0, 0.05) is 61.1 Å². The number of ether oxygens (including phenoxy) is 1. The average molecular weight is 897 g/mol. The Balaban J connectivity index is 0.802. The van der Waals surface area contributed by atoms with Crippen LogP contribution >= 0.6 is 11.6 Å². The largest absolute Gasteiger partial charge is 0.490 e. The Bertz CT molecular complexity index is 2500. The topological polar surface area (TPSA) is 161 Å². The third-order valence-electron chi connectivity index (χ3n) is 14.3. The van der Waals surface area contributed by atoms with E-state index < -0.39 is 17.9 Å². The molecule has 3 aliphatic heterocycles. The standard InChI is InChI=1S/C53H58ClN5O6/c1-31-4-9-39(52(63)57-42-14-17-43(18-15-42)65-44-16-12-38(26-55)48(54)25-44)27-56-49(31)22-34-5-7-35(8-6-34)28-59-29-40-11-10-36(23-41(40)30-59)37-13-19-46(33(3)60)47(24-37)51(62)32(2)45-20-21-50(61)58-53(45)64/h9-10,12-13,16,19,22,24-25,27,33,35,40-43,45,60H,2,5-8,11,14-15,17-18,20-21,23,28-30H2,1,3H3,(H,57,63)(H,58,61,64). The van der Waals surface area contributed by atoms with Crippen molar-refractivity contribution in [3.8, 4) is 11.8 Å². The van der Waals surface area contributed by atoms with Gasteiger partial charge in [-0.1, -0.05) is 42.0 Å². The number of halogens is 1. The molecule has 0 radical (unpaired) electrons. The van der Waals surface area contributed by atoms with Gasteiger partial charge in [0.2, 0.25) is 11.8 Å². The molecular formula is C53H58ClN5O6. The van der Waals surface area contributed by atoms with E-state index in [0.717, 1.165) is 101 Å². The third-order valence-corrected chi connectivity index (χ3v) is 14.6. The van der Waals surface area contributed by atoms with Crippen molar-refractivity contribution < 1.29 is 29.0 Å². The maximum absolute atomic E-state index is 13.8. The number of carbonyl (C=O) groups excluding carboxylic acids is 4. The maximum Gasteiger partial charge on any atom is 0.253 e. The highest BCUT2D eigenvalue weighted by Gasteiger charge is 2.37. The first-order chi connectivity index (χ1) is 31.3. The van der Waals surface area contributed by atoms with E-state index in [1.54, 1.807) is 37.4 Å². The fraction of sp³-hybridized carbons (Fsp3) is 0.453. The predicted molar refractivity (Wildman–Crippen MR) is 251 cm³/mol. The molecule has 4 atom stereocenters. The molecule has 0 aromatic heterocycles. The van der Waals surface area contributed by atoms with E-state index >= 15 is 0 Å². The van der Waals surface area contributed by atoms with Crippen LogP contribution in [0.15, 0.2) is 100 Å². The van der Waals surface area contributed by atoms with Crippen LogP contribution in [0.5, 0.6) is 5.75 Å². The number of nitrogens with zero attached hydrogens (tertiary/aromatic N) is 3. The summed E-state index contributed by atoms with van der Waals surface area (Å²) in [4.78, 5) is 58.8. The minimum absolute atomic E-state index is 0.0231. The Labute approximate surface area is 386 Å². The molecule has 12 heteroatoms. The lowest BCUT2D eigenvalue weighted by Gasteiger charge is -2.29. The molecule has 4 unspecified atom stereocenters. The van der Waals surface area contributed by atoms with Crippen LogP contribution in [0.25, 0.3) is 5.57 Å². The number of aliphatic hydroxyl groups is 1. The van der Waals surface area contributed by atoms with Gasteiger partial charge in [-0.15, -0.1) is 5.73 Å². The highest BCUT2D eigenvalue weighted by atomic mass is 35.5. The van der Waals surface area contributed by atoms with Crippen molar-refractivity contribution in [2.75, 3.05) is 19.6 Å². The summed E-state index contributed by atoms with van der Waals surface area (Å²) >= 11 is 6.18. The highest BCUT2D eigenvalue weighted by Crippen LogP contribution is 2.42. The van der Waals surface area contributed by atoms with Gasteiger partial charge in [-0.2, -0.15) is 5.26 Å². The number of amides is 3. The Hall–Kier alpha value is -5.63. The Morgan fingerprint density at radius 1 is 1.08 bits per heavy atom. The molecule has 8 rings (SSSR count). The number of likely N-dealkylation sites (tertiary alicyclic amines) is 1. The Morgan fingerprint density at radius 2 is 1.85 bits per heavy atom. The fourth-order valence-corrected chi connectivity index (χ4v) is 10.6. The first kappa shape index (κ1) is 45.9. The molecule has 2 saturated carbocycles. The second-order valence-corrected chi connectivity index (χ2v) is 19.2. The smallest absolute Gasteiger partial charge is 0.253 e. The molecule has 338 valence electrons. The van der Waals surface area contributed by atoms with Gasteiger partial charge in [-0.3, -0.25) is 29.5 Å². The van der Waals surface area contributed by atoms with Crippen LogP contribution < -0.4 is 15.4 Å². The second kappa shape index (κ2) is 20.3. The molecule has 3 N–H and O–H groups in total. The number of nitriles is 1. The summed E-state index contributed by atoms with van der Waals surface area (Å²) in [6.07, 6.45) is 16.9. The first-order valence-electron chi connectivity index (χ1n) is 23.2. The van der Waals surface area contributed by atoms with E-state index in [-0.39, 0.29) is 48.2 Å². The van der Waals surface area contributed by atoms with Crippen molar-refractivity contribution in [2.45, 2.75) is 109 Å². The number of hydrogen-bond donors (Lipinski definition) is 3. The van der Waals surface area contributed by atoms with Crippen molar-refractivity contribution in [1.29, 1.82) is 5.26 Å². The summed E-state index contributed by atoms with van der Waals surface area (Å²) in [5, 5.41) is 25.6. The van der Waals surface area contributed by atoms with Crippen LogP contribution in [-0.4, -0.2) is 71.0 Å². The first-order valence-corrected chi connectivity index (χ1v) is 23.6. The number of allylic oxidation sites excluding steroid dienone is 4. The van der Waals surface area contributed by atoms with E-state index in [2.05, 4.69) is 46.1 Å². The monoisotopic (exact) mass is 895 g/mol. The third kappa shape index (κ3) is 10.9. The maximum atomic E-state index is 13.8. The van der Waals surface area contributed by atoms with Crippen LogP contribution in [0.3, 0.4) is 0 Å². The molecule has 4 fully saturated rings. The molecule has 6 aliphatic rings. The molecule has 3 aliphatic carbocycles. The van der Waals surface area contributed by atoms with E-state index in [0.29, 0.717) is 50.8 Å². The molecule has 11 nitrogen and oxygen atoms in total. The number of fused-ring (bicyclic) bond motifs is 1. The molecule has 0 bridgehead atoms. The number of carbonyl (C=O) groups is 4. The SMILES string of the molecule is C=C(C(=O)c1cc(C2=CCC3CN(CC4CCC(=CC5=NC=C(C(=O)NC6CCC(Oc7ccc(C#N)c(Cl)c7)CC6)C=C=C5C)CC4)CC3C2)ccc1C(C)O)C1CCC(=O)NC1=O. The minimum Gasteiger partial charge on any atom is -0.490 e. The Kier molecular flexibility index (Phi) is 14.3. The number of Topliss-reactive ketones (excluding diaryl/α,β-unsaturated/α-hetero) is 1. The number of rotatable bonds is 12. The van der Waals surface area contributed by atoms with Crippen molar-refractivity contribution in [1.82, 2.24) is 15.5 Å². The van der Waals surface area contributed by atoms with Crippen molar-refractivity contribution >= 4 is 46.4 Å². The minimum atomic E-state index is -0.874. The summed E-state index contributed by atoms with van der Waals surface area (Å²) in [7, 11) is 0. The number of ketones is 1. The zero-order valence-electron chi connectivity index (χ0n) is 37.3. The van der Waals surface area contributed by atoms with Gasteiger partial charge in [0.15, 0.2) is 5.78 Å². The highest BCUT2D eigenvalue weighted by molar-refractivity contribution is 6.31. The zero-order valence-corrected chi connectivity index (χ0v) is 38.1. The average Bonchev–Trinajstić information content (AvgIpc) is 3.61. The molecule has 0 spiro atoms. The summed E-state index contributed by atoms with van der Waals surface area (Å²) in [6.45, 7) is 10.8. The summed E-state index contributed by atoms with van der Waals surface area (Å²) in [5.74, 6) is 0.260. The quantitative estimate of drug-likeness (QED) is 0.0825. The van der Waals surface area contributed by atoms with Gasteiger partial charge in [-0.05, 0) is 149 Å². The molecule has 3 amide bonds. The van der Waals surface area contributed by atoms with Crippen LogP contribution in [-0.2, 0) is 14.4 Å². The van der Waals surface area contributed by atoms with E-state index in [1.165, 1.54) is 11.1 Å². The van der Waals surface area contributed by atoms with E-state index in [9.17, 15) is 24.3 Å². The molecular weight excluding hydrogens is 838 g/mol. The van der Waals surface area contributed by atoms with Crippen molar-refractivity contribution in [3.05, 3.63) is 123 Å². The Morgan fingerprint density at radius 3 is 2.57 bits per heavy atom. The number of piperidine rings is 1. The van der Waals surface area contributed by atoms with Crippen LogP contribution in [0.4, 0.5) is 0 Å². The normalized spacial score (nSPS) is 26.2. The lowest BCUT2D eigenvalue weighted by molar-refractivity contribution is -0.135. The second-order valence-electron chi connectivity index (χ2n) is 18.8. The van der Waals surface area contributed by atoms with Gasteiger partial charge >= 0.3 is 0 Å². The molecule has 2 saturated heterocycles. The number of aliphatic hydroxyl groups excluding tert-OH is 1. The number of aliphatic imine (C=N–C) groups is 1. The van der Waals surface area contributed by atoms with Crippen LogP contribution in [0, 0.1) is 35.0 Å².